The number of nitrogens with one attached hydrogen (secondary N) is 1. The second-order valence-corrected chi connectivity index (χ2v) is 5.90. The van der Waals surface area contributed by atoms with E-state index in [1.165, 1.54) is 5.56 Å². The van der Waals surface area contributed by atoms with Crippen molar-refractivity contribution in [3.63, 3.8) is 0 Å². The van der Waals surface area contributed by atoms with Crippen LogP contribution in [0.4, 0.5) is 5.69 Å². The largest absolute Gasteiger partial charge is 0.379 e. The predicted molar refractivity (Wildman–Crippen MR) is 92.3 cm³/mol. The fourth-order valence-corrected chi connectivity index (χ4v) is 2.42. The normalized spacial score (nSPS) is 10.9. The third-order valence-corrected chi connectivity index (χ3v) is 3.96. The van der Waals surface area contributed by atoms with Gasteiger partial charge in [0, 0.05) is 22.9 Å². The van der Waals surface area contributed by atoms with E-state index in [-0.39, 0.29) is 0 Å². The second-order valence-electron chi connectivity index (χ2n) is 4.98. The van der Waals surface area contributed by atoms with Crippen molar-refractivity contribution in [3.05, 3.63) is 58.3 Å². The van der Waals surface area contributed by atoms with Gasteiger partial charge in [-0.1, -0.05) is 26.0 Å². The van der Waals surface area contributed by atoms with Gasteiger partial charge in [-0.2, -0.15) is 0 Å². The molecule has 0 atom stereocenters. The Kier molecular flexibility index (Phi) is 6.21. The van der Waals surface area contributed by atoms with Crippen LogP contribution in [0.15, 0.2) is 47.1 Å². The van der Waals surface area contributed by atoms with E-state index in [0.717, 1.165) is 42.0 Å². The Labute approximate surface area is 135 Å². The van der Waals surface area contributed by atoms with Gasteiger partial charge >= 0.3 is 0 Å². The van der Waals surface area contributed by atoms with Crippen LogP contribution >= 0.6 is 15.9 Å². The van der Waals surface area contributed by atoms with Gasteiger partial charge in [0.2, 0.25) is 0 Å². The van der Waals surface area contributed by atoms with Crippen molar-refractivity contribution in [3.8, 4) is 0 Å². The lowest BCUT2D eigenvalue weighted by atomic mass is 10.2. The van der Waals surface area contributed by atoms with E-state index in [0.29, 0.717) is 0 Å². The minimum atomic E-state index is 0.738. The van der Waals surface area contributed by atoms with Crippen LogP contribution < -0.4 is 5.32 Å². The summed E-state index contributed by atoms with van der Waals surface area (Å²) in [5.74, 6) is 0. The van der Waals surface area contributed by atoms with Crippen LogP contribution in [0.2, 0.25) is 0 Å². The number of pyridine rings is 1. The van der Waals surface area contributed by atoms with E-state index < -0.39 is 0 Å². The molecule has 4 heteroatoms. The fraction of sp³-hybridized carbons (Fsp3) is 0.353. The zero-order valence-corrected chi connectivity index (χ0v) is 14.2. The van der Waals surface area contributed by atoms with Gasteiger partial charge in [0.1, 0.15) is 0 Å². The highest BCUT2D eigenvalue weighted by Crippen LogP contribution is 2.14. The molecule has 0 aliphatic heterocycles. The molecule has 0 fully saturated rings. The van der Waals surface area contributed by atoms with Gasteiger partial charge in [0.25, 0.3) is 0 Å². The molecule has 0 radical (unpaired) electrons. The molecular formula is C17H22BrN3. The van der Waals surface area contributed by atoms with Gasteiger partial charge in [0.05, 0.1) is 12.2 Å². The number of anilines is 1. The first kappa shape index (κ1) is 16.0. The predicted octanol–water partition coefficient (Wildman–Crippen LogP) is 4.30. The molecule has 0 aliphatic rings. The average Bonchev–Trinajstić information content (AvgIpc) is 2.52. The number of hydrogen-bond acceptors (Lipinski definition) is 3. The summed E-state index contributed by atoms with van der Waals surface area (Å²) >= 11 is 3.40. The summed E-state index contributed by atoms with van der Waals surface area (Å²) in [6, 6.07) is 12.6. The molecule has 2 aromatic rings. The molecule has 0 spiro atoms. The van der Waals surface area contributed by atoms with Crippen molar-refractivity contribution in [1.29, 1.82) is 0 Å². The van der Waals surface area contributed by atoms with Crippen LogP contribution in [0.1, 0.15) is 25.1 Å². The molecule has 1 aromatic carbocycles. The van der Waals surface area contributed by atoms with Crippen LogP contribution in [0.25, 0.3) is 0 Å². The van der Waals surface area contributed by atoms with Crippen molar-refractivity contribution < 1.29 is 0 Å². The summed E-state index contributed by atoms with van der Waals surface area (Å²) in [5, 5.41) is 3.43. The first-order chi connectivity index (χ1) is 10.2. The lowest BCUT2D eigenvalue weighted by Gasteiger charge is -2.18. The number of halogens is 1. The highest BCUT2D eigenvalue weighted by Gasteiger charge is 2.02. The first-order valence-corrected chi connectivity index (χ1v) is 8.16. The maximum atomic E-state index is 4.37. The number of nitrogens with zero attached hydrogens (tertiary/aromatic N) is 2. The smallest absolute Gasteiger partial charge is 0.0595 e. The number of aromatic nitrogens is 1. The lowest BCUT2D eigenvalue weighted by Crippen LogP contribution is -2.22. The fourth-order valence-electron chi connectivity index (χ4n) is 2.19. The zero-order chi connectivity index (χ0) is 15.1. The molecule has 0 saturated carbocycles. The standard InChI is InChI=1S/C17H22BrN3/c1-3-21(4-2)13-14-6-5-7-16(10-14)20-12-17-9-8-15(18)11-19-17/h5-11,20H,3-4,12-13H2,1-2H3. The molecule has 1 heterocycles. The third kappa shape index (κ3) is 5.14. The van der Waals surface area contributed by atoms with Crippen LogP contribution in [-0.2, 0) is 13.1 Å². The molecule has 2 rings (SSSR count). The molecule has 3 nitrogen and oxygen atoms in total. The Balaban J connectivity index is 1.95. The maximum absolute atomic E-state index is 4.37. The van der Waals surface area contributed by atoms with Gasteiger partial charge in [-0.15, -0.1) is 0 Å². The Bertz CT molecular complexity index is 550. The summed E-state index contributed by atoms with van der Waals surface area (Å²) in [5.41, 5.74) is 3.52. The molecule has 0 bridgehead atoms. The summed E-state index contributed by atoms with van der Waals surface area (Å²) in [4.78, 5) is 6.79. The quantitative estimate of drug-likeness (QED) is 0.809. The van der Waals surface area contributed by atoms with Crippen molar-refractivity contribution >= 4 is 21.6 Å². The van der Waals surface area contributed by atoms with E-state index >= 15 is 0 Å². The van der Waals surface area contributed by atoms with E-state index in [1.54, 1.807) is 0 Å². The Morgan fingerprint density at radius 3 is 2.62 bits per heavy atom. The van der Waals surface area contributed by atoms with Gasteiger partial charge in [-0.3, -0.25) is 9.88 Å². The van der Waals surface area contributed by atoms with E-state index in [2.05, 4.69) is 69.2 Å². The minimum absolute atomic E-state index is 0.738. The van der Waals surface area contributed by atoms with Crippen molar-refractivity contribution in [2.45, 2.75) is 26.9 Å². The van der Waals surface area contributed by atoms with E-state index in [1.807, 2.05) is 18.3 Å². The molecular weight excluding hydrogens is 326 g/mol. The summed E-state index contributed by atoms with van der Waals surface area (Å²) in [7, 11) is 0. The van der Waals surface area contributed by atoms with Crippen LogP contribution in [0.5, 0.6) is 0 Å². The van der Waals surface area contributed by atoms with E-state index in [4.69, 9.17) is 0 Å². The summed E-state index contributed by atoms with van der Waals surface area (Å²) < 4.78 is 1.01. The van der Waals surface area contributed by atoms with Gasteiger partial charge in [-0.25, -0.2) is 0 Å². The molecule has 0 unspecified atom stereocenters. The molecule has 0 amide bonds. The minimum Gasteiger partial charge on any atom is -0.379 e. The van der Waals surface area contributed by atoms with Crippen LogP contribution in [0, 0.1) is 0 Å². The first-order valence-electron chi connectivity index (χ1n) is 7.37. The van der Waals surface area contributed by atoms with Gasteiger partial charge < -0.3 is 5.32 Å². The highest BCUT2D eigenvalue weighted by molar-refractivity contribution is 9.10. The maximum Gasteiger partial charge on any atom is 0.0595 e. The Hall–Kier alpha value is -1.39. The highest BCUT2D eigenvalue weighted by atomic mass is 79.9. The van der Waals surface area contributed by atoms with Gasteiger partial charge in [0.15, 0.2) is 0 Å². The monoisotopic (exact) mass is 347 g/mol. The van der Waals surface area contributed by atoms with Crippen molar-refractivity contribution in [1.82, 2.24) is 9.88 Å². The van der Waals surface area contributed by atoms with E-state index in [9.17, 15) is 0 Å². The van der Waals surface area contributed by atoms with Crippen LogP contribution in [0.3, 0.4) is 0 Å². The molecule has 0 saturated heterocycles. The molecule has 112 valence electrons. The molecule has 1 aromatic heterocycles. The molecule has 21 heavy (non-hydrogen) atoms. The third-order valence-electron chi connectivity index (χ3n) is 3.49. The Morgan fingerprint density at radius 2 is 1.95 bits per heavy atom. The second kappa shape index (κ2) is 8.15. The number of hydrogen-bond donors (Lipinski definition) is 1. The lowest BCUT2D eigenvalue weighted by molar-refractivity contribution is 0.296. The number of benzene rings is 1. The summed E-state index contributed by atoms with van der Waals surface area (Å²) in [6.07, 6.45) is 1.83. The SMILES string of the molecule is CCN(CC)Cc1cccc(NCc2ccc(Br)cn2)c1. The molecule has 0 aliphatic carbocycles. The molecule has 1 N–H and O–H groups in total. The van der Waals surface area contributed by atoms with Crippen molar-refractivity contribution in [2.75, 3.05) is 18.4 Å². The van der Waals surface area contributed by atoms with Crippen molar-refractivity contribution in [2.24, 2.45) is 0 Å². The average molecular weight is 348 g/mol. The van der Waals surface area contributed by atoms with Crippen LogP contribution in [-0.4, -0.2) is 23.0 Å². The zero-order valence-electron chi connectivity index (χ0n) is 12.6. The summed E-state index contributed by atoms with van der Waals surface area (Å²) in [6.45, 7) is 8.30. The van der Waals surface area contributed by atoms with Gasteiger partial charge in [-0.05, 0) is 58.8 Å². The number of rotatable bonds is 7. The Morgan fingerprint density at radius 1 is 1.14 bits per heavy atom. The topological polar surface area (TPSA) is 28.2 Å².